The van der Waals surface area contributed by atoms with Gasteiger partial charge in [-0.1, -0.05) is 59.7 Å². The zero-order valence-corrected chi connectivity index (χ0v) is 18.7. The van der Waals surface area contributed by atoms with Gasteiger partial charge in [0.1, 0.15) is 5.58 Å². The van der Waals surface area contributed by atoms with E-state index in [9.17, 15) is 9.59 Å². The summed E-state index contributed by atoms with van der Waals surface area (Å²) in [4.78, 5) is 29.0. The minimum Gasteiger partial charge on any atom is -0.450 e. The van der Waals surface area contributed by atoms with Gasteiger partial charge in [0, 0.05) is 6.54 Å². The van der Waals surface area contributed by atoms with Crippen molar-refractivity contribution in [2.75, 3.05) is 0 Å². The molecular weight excluding hydrogens is 398 g/mol. The Hall–Kier alpha value is -3.66. The van der Waals surface area contributed by atoms with E-state index >= 15 is 0 Å². The second-order valence-corrected chi connectivity index (χ2v) is 8.84. The summed E-state index contributed by atoms with van der Waals surface area (Å²) >= 11 is 0. The van der Waals surface area contributed by atoms with E-state index in [1.54, 1.807) is 4.90 Å². The maximum atomic E-state index is 13.7. The minimum atomic E-state index is -0.485. The molecule has 0 saturated carbocycles. The maximum Gasteiger partial charge on any atom is 0.291 e. The number of amides is 1. The van der Waals surface area contributed by atoms with Crippen LogP contribution in [0.5, 0.6) is 0 Å². The van der Waals surface area contributed by atoms with Crippen LogP contribution in [0.3, 0.4) is 0 Å². The van der Waals surface area contributed by atoms with Crippen molar-refractivity contribution >= 4 is 16.9 Å². The molecule has 2 heterocycles. The number of carbonyl (C=O) groups excluding carboxylic acids is 1. The molecule has 0 saturated heterocycles. The molecule has 0 aliphatic carbocycles. The van der Waals surface area contributed by atoms with E-state index in [0.717, 1.165) is 33.4 Å². The number of carbonyl (C=O) groups is 1. The number of benzene rings is 3. The first kappa shape index (κ1) is 20.3. The van der Waals surface area contributed by atoms with Crippen molar-refractivity contribution in [3.63, 3.8) is 0 Å². The third-order valence-corrected chi connectivity index (χ3v) is 6.45. The van der Waals surface area contributed by atoms with E-state index in [2.05, 4.69) is 0 Å². The average molecular weight is 424 g/mol. The summed E-state index contributed by atoms with van der Waals surface area (Å²) in [5.74, 6) is -0.0909. The molecule has 1 aliphatic rings. The fourth-order valence-corrected chi connectivity index (χ4v) is 4.42. The second-order valence-electron chi connectivity index (χ2n) is 8.84. The van der Waals surface area contributed by atoms with E-state index in [1.165, 1.54) is 0 Å². The van der Waals surface area contributed by atoms with Crippen LogP contribution in [0, 0.1) is 27.7 Å². The van der Waals surface area contributed by atoms with Crippen LogP contribution >= 0.6 is 0 Å². The molecule has 1 amide bonds. The zero-order chi connectivity index (χ0) is 22.6. The molecule has 1 atom stereocenters. The van der Waals surface area contributed by atoms with Crippen molar-refractivity contribution < 1.29 is 9.21 Å². The van der Waals surface area contributed by atoms with Gasteiger partial charge in [0.25, 0.3) is 5.91 Å². The smallest absolute Gasteiger partial charge is 0.291 e. The van der Waals surface area contributed by atoms with E-state index in [1.807, 2.05) is 88.4 Å². The van der Waals surface area contributed by atoms with Gasteiger partial charge in [-0.05, 0) is 62.1 Å². The van der Waals surface area contributed by atoms with E-state index in [4.69, 9.17) is 4.42 Å². The fraction of sp³-hybridized carbons (Fsp3) is 0.214. The van der Waals surface area contributed by atoms with Crippen molar-refractivity contribution in [3.05, 3.63) is 116 Å². The maximum absolute atomic E-state index is 13.7. The fourth-order valence-electron chi connectivity index (χ4n) is 4.42. The first-order chi connectivity index (χ1) is 15.3. The Morgan fingerprint density at radius 3 is 2.06 bits per heavy atom. The summed E-state index contributed by atoms with van der Waals surface area (Å²) < 4.78 is 6.10. The molecule has 4 heteroatoms. The minimum absolute atomic E-state index is 0.130. The lowest BCUT2D eigenvalue weighted by Crippen LogP contribution is -2.29. The molecule has 5 rings (SSSR count). The van der Waals surface area contributed by atoms with Gasteiger partial charge in [-0.2, -0.15) is 0 Å². The SMILES string of the molecule is Cc1ccc(CN2C(=O)c3oc4cc(C)c(C)cc4c(=O)c3C2c2ccc(C)cc2)cc1. The highest BCUT2D eigenvalue weighted by Gasteiger charge is 2.42. The van der Waals surface area contributed by atoms with Gasteiger partial charge in [0.15, 0.2) is 5.43 Å². The lowest BCUT2D eigenvalue weighted by molar-refractivity contribution is 0.0714. The number of rotatable bonds is 3. The van der Waals surface area contributed by atoms with Gasteiger partial charge in [0.2, 0.25) is 5.76 Å². The Balaban J connectivity index is 1.73. The van der Waals surface area contributed by atoms with Crippen LogP contribution in [0.15, 0.2) is 69.9 Å². The molecule has 0 bridgehead atoms. The number of aryl methyl sites for hydroxylation is 4. The van der Waals surface area contributed by atoms with Gasteiger partial charge >= 0.3 is 0 Å². The molecular formula is C28H25NO3. The highest BCUT2D eigenvalue weighted by Crippen LogP contribution is 2.39. The predicted molar refractivity (Wildman–Crippen MR) is 126 cm³/mol. The van der Waals surface area contributed by atoms with Crippen LogP contribution < -0.4 is 5.43 Å². The van der Waals surface area contributed by atoms with Gasteiger partial charge < -0.3 is 9.32 Å². The van der Waals surface area contributed by atoms with Crippen LogP contribution in [0.25, 0.3) is 11.0 Å². The molecule has 32 heavy (non-hydrogen) atoms. The molecule has 4 nitrogen and oxygen atoms in total. The summed E-state index contributed by atoms with van der Waals surface area (Å²) in [5.41, 5.74) is 7.02. The Morgan fingerprint density at radius 1 is 0.812 bits per heavy atom. The number of nitrogens with zero attached hydrogens (tertiary/aromatic N) is 1. The van der Waals surface area contributed by atoms with Crippen molar-refractivity contribution in [1.29, 1.82) is 0 Å². The third-order valence-electron chi connectivity index (χ3n) is 6.45. The molecule has 0 spiro atoms. The molecule has 0 fully saturated rings. The highest BCUT2D eigenvalue weighted by atomic mass is 16.3. The molecule has 1 unspecified atom stereocenters. The predicted octanol–water partition coefficient (Wildman–Crippen LogP) is 5.77. The first-order valence-electron chi connectivity index (χ1n) is 10.8. The molecule has 0 N–H and O–H groups in total. The van der Waals surface area contributed by atoms with Crippen molar-refractivity contribution in [1.82, 2.24) is 4.90 Å². The second kappa shape index (κ2) is 7.49. The Morgan fingerprint density at radius 2 is 1.41 bits per heavy atom. The summed E-state index contributed by atoms with van der Waals surface area (Å²) in [7, 11) is 0. The summed E-state index contributed by atoms with van der Waals surface area (Å²) in [6, 6.07) is 19.4. The largest absolute Gasteiger partial charge is 0.450 e. The standard InChI is InChI=1S/C28H25NO3/c1-16-5-9-20(10-6-16)15-29-25(21-11-7-17(2)8-12-21)24-26(30)22-13-18(3)19(4)14-23(22)32-27(24)28(29)31/h5-14,25H,15H2,1-4H3. The number of hydrogen-bond donors (Lipinski definition) is 0. The number of hydrogen-bond acceptors (Lipinski definition) is 3. The monoisotopic (exact) mass is 423 g/mol. The summed E-state index contributed by atoms with van der Waals surface area (Å²) in [5, 5.41) is 0.522. The van der Waals surface area contributed by atoms with Crippen LogP contribution in [0.4, 0.5) is 0 Å². The van der Waals surface area contributed by atoms with Gasteiger partial charge in [0.05, 0.1) is 17.0 Å². The van der Waals surface area contributed by atoms with Crippen molar-refractivity contribution in [2.24, 2.45) is 0 Å². The Bertz CT molecular complexity index is 1410. The molecule has 3 aromatic carbocycles. The third kappa shape index (κ3) is 3.23. The van der Waals surface area contributed by atoms with Crippen LogP contribution in [0.1, 0.15) is 55.5 Å². The van der Waals surface area contributed by atoms with Crippen LogP contribution in [-0.4, -0.2) is 10.8 Å². The Kier molecular flexibility index (Phi) is 4.74. The molecule has 1 aliphatic heterocycles. The van der Waals surface area contributed by atoms with Crippen molar-refractivity contribution in [2.45, 2.75) is 40.3 Å². The van der Waals surface area contributed by atoms with Gasteiger partial charge in [-0.3, -0.25) is 9.59 Å². The summed E-state index contributed by atoms with van der Waals surface area (Å²) in [6.07, 6.45) is 0. The van der Waals surface area contributed by atoms with Crippen LogP contribution in [0.2, 0.25) is 0 Å². The van der Waals surface area contributed by atoms with Gasteiger partial charge in [-0.15, -0.1) is 0 Å². The van der Waals surface area contributed by atoms with E-state index < -0.39 is 6.04 Å². The molecule has 160 valence electrons. The molecule has 0 radical (unpaired) electrons. The van der Waals surface area contributed by atoms with E-state index in [-0.39, 0.29) is 17.1 Å². The van der Waals surface area contributed by atoms with Crippen molar-refractivity contribution in [3.8, 4) is 0 Å². The molecule has 4 aromatic rings. The zero-order valence-electron chi connectivity index (χ0n) is 18.7. The van der Waals surface area contributed by atoms with Gasteiger partial charge in [-0.25, -0.2) is 0 Å². The quantitative estimate of drug-likeness (QED) is 0.420. The molecule has 1 aromatic heterocycles. The summed E-state index contributed by atoms with van der Waals surface area (Å²) in [6.45, 7) is 8.41. The van der Waals surface area contributed by atoms with Crippen LogP contribution in [-0.2, 0) is 6.54 Å². The normalized spacial score (nSPS) is 15.4. The lowest BCUT2D eigenvalue weighted by atomic mass is 9.96. The lowest BCUT2D eigenvalue weighted by Gasteiger charge is -2.25. The Labute approximate surface area is 187 Å². The van der Waals surface area contributed by atoms with E-state index in [0.29, 0.717) is 23.1 Å². The average Bonchev–Trinajstić information content (AvgIpc) is 3.04. The number of fused-ring (bicyclic) bond motifs is 2. The highest BCUT2D eigenvalue weighted by molar-refractivity contribution is 5.99. The first-order valence-corrected chi connectivity index (χ1v) is 10.8. The topological polar surface area (TPSA) is 50.5 Å².